The van der Waals surface area contributed by atoms with E-state index < -0.39 is 0 Å². The first kappa shape index (κ1) is 13.6. The molecule has 2 rings (SSSR count). The molecule has 2 nitrogen and oxygen atoms in total. The Balaban J connectivity index is 1.82. The lowest BCUT2D eigenvalue weighted by molar-refractivity contribution is 0.0318. The van der Waals surface area contributed by atoms with Crippen molar-refractivity contribution in [2.24, 2.45) is 0 Å². The van der Waals surface area contributed by atoms with Crippen molar-refractivity contribution in [3.63, 3.8) is 0 Å². The van der Waals surface area contributed by atoms with Crippen LogP contribution < -0.4 is 5.32 Å². The van der Waals surface area contributed by atoms with Crippen molar-refractivity contribution in [2.45, 2.75) is 45.7 Å². The van der Waals surface area contributed by atoms with Gasteiger partial charge >= 0.3 is 0 Å². The van der Waals surface area contributed by atoms with Crippen molar-refractivity contribution < 1.29 is 0 Å². The highest BCUT2D eigenvalue weighted by Crippen LogP contribution is 2.26. The van der Waals surface area contributed by atoms with Crippen LogP contribution in [-0.4, -0.2) is 30.1 Å². The van der Waals surface area contributed by atoms with Gasteiger partial charge in [-0.2, -0.15) is 0 Å². The fourth-order valence-corrected chi connectivity index (χ4v) is 2.72. The average molecular weight is 246 g/mol. The number of aryl methyl sites for hydroxylation is 1. The van der Waals surface area contributed by atoms with Gasteiger partial charge in [-0.15, -0.1) is 0 Å². The van der Waals surface area contributed by atoms with E-state index in [4.69, 9.17) is 0 Å². The third-order valence-corrected chi connectivity index (χ3v) is 4.01. The maximum Gasteiger partial charge on any atom is 0.0435 e. The minimum atomic E-state index is 0.390. The van der Waals surface area contributed by atoms with Crippen LogP contribution in [0.1, 0.15) is 37.8 Å². The molecule has 1 aromatic rings. The van der Waals surface area contributed by atoms with Gasteiger partial charge in [0.2, 0.25) is 0 Å². The van der Waals surface area contributed by atoms with Gasteiger partial charge < -0.3 is 5.32 Å². The zero-order valence-corrected chi connectivity index (χ0v) is 12.0. The molecule has 1 heterocycles. The standard InChI is InChI=1S/C16H26N2/c1-4-10-17-16(5-2)12-18(13-16)11-15-8-6-14(3)7-9-15/h6-9,17H,4-5,10-13H2,1-3H3. The van der Waals surface area contributed by atoms with Crippen molar-refractivity contribution >= 4 is 0 Å². The second-order valence-corrected chi connectivity index (χ2v) is 5.69. The number of nitrogens with one attached hydrogen (secondary N) is 1. The third-order valence-electron chi connectivity index (χ3n) is 4.01. The highest BCUT2D eigenvalue weighted by atomic mass is 15.3. The maximum atomic E-state index is 3.72. The lowest BCUT2D eigenvalue weighted by Gasteiger charge is -2.51. The lowest BCUT2D eigenvalue weighted by atomic mass is 9.86. The van der Waals surface area contributed by atoms with Crippen LogP contribution in [0.15, 0.2) is 24.3 Å². The molecule has 0 radical (unpaired) electrons. The molecule has 0 atom stereocenters. The molecule has 1 N–H and O–H groups in total. The Morgan fingerprint density at radius 1 is 1.17 bits per heavy atom. The van der Waals surface area contributed by atoms with Gasteiger partial charge in [0.05, 0.1) is 0 Å². The maximum absolute atomic E-state index is 3.72. The number of nitrogens with zero attached hydrogens (tertiary/aromatic N) is 1. The molecule has 0 aromatic heterocycles. The Labute approximate surface area is 111 Å². The minimum Gasteiger partial charge on any atom is -0.309 e. The second-order valence-electron chi connectivity index (χ2n) is 5.69. The highest BCUT2D eigenvalue weighted by Gasteiger charge is 2.40. The molecule has 1 saturated heterocycles. The molecule has 0 aliphatic carbocycles. The fraction of sp³-hybridized carbons (Fsp3) is 0.625. The van der Waals surface area contributed by atoms with E-state index in [-0.39, 0.29) is 0 Å². The summed E-state index contributed by atoms with van der Waals surface area (Å²) in [6.45, 7) is 11.3. The lowest BCUT2D eigenvalue weighted by Crippen LogP contribution is -2.68. The molecule has 18 heavy (non-hydrogen) atoms. The molecule has 0 bridgehead atoms. The molecular weight excluding hydrogens is 220 g/mol. The first-order valence-corrected chi connectivity index (χ1v) is 7.20. The first-order chi connectivity index (χ1) is 8.67. The Morgan fingerprint density at radius 2 is 1.83 bits per heavy atom. The monoisotopic (exact) mass is 246 g/mol. The number of likely N-dealkylation sites (tertiary alicyclic amines) is 1. The van der Waals surface area contributed by atoms with Crippen LogP contribution in [0.2, 0.25) is 0 Å². The highest BCUT2D eigenvalue weighted by molar-refractivity contribution is 5.21. The SMILES string of the molecule is CCCNC1(CC)CN(Cc2ccc(C)cc2)C1. The molecule has 0 unspecified atom stereocenters. The van der Waals surface area contributed by atoms with Gasteiger partial charge in [0.1, 0.15) is 0 Å². The van der Waals surface area contributed by atoms with E-state index in [9.17, 15) is 0 Å². The van der Waals surface area contributed by atoms with E-state index in [0.29, 0.717) is 5.54 Å². The van der Waals surface area contributed by atoms with Gasteiger partial charge in [-0.1, -0.05) is 43.7 Å². The van der Waals surface area contributed by atoms with Crippen LogP contribution in [0.5, 0.6) is 0 Å². The van der Waals surface area contributed by atoms with Gasteiger partial charge in [0, 0.05) is 25.2 Å². The normalized spacial score (nSPS) is 18.6. The smallest absolute Gasteiger partial charge is 0.0435 e. The van der Waals surface area contributed by atoms with E-state index >= 15 is 0 Å². The summed E-state index contributed by atoms with van der Waals surface area (Å²) in [4.78, 5) is 2.54. The van der Waals surface area contributed by atoms with Gasteiger partial charge in [0.25, 0.3) is 0 Å². The van der Waals surface area contributed by atoms with E-state index in [1.54, 1.807) is 0 Å². The van der Waals surface area contributed by atoms with Gasteiger partial charge in [-0.05, 0) is 31.9 Å². The van der Waals surface area contributed by atoms with Gasteiger partial charge in [0.15, 0.2) is 0 Å². The Bertz CT molecular complexity index is 363. The summed E-state index contributed by atoms with van der Waals surface area (Å²) in [5.41, 5.74) is 3.16. The molecule has 1 fully saturated rings. The molecule has 1 aliphatic heterocycles. The van der Waals surface area contributed by atoms with Crippen LogP contribution in [0.25, 0.3) is 0 Å². The molecule has 100 valence electrons. The zero-order chi connectivity index (χ0) is 13.0. The summed E-state index contributed by atoms with van der Waals surface area (Å²) in [7, 11) is 0. The second kappa shape index (κ2) is 5.85. The fourth-order valence-electron chi connectivity index (χ4n) is 2.72. The average Bonchev–Trinajstić information content (AvgIpc) is 2.34. The molecule has 0 amide bonds. The van der Waals surface area contributed by atoms with E-state index in [2.05, 4.69) is 55.3 Å². The van der Waals surface area contributed by atoms with Crippen LogP contribution in [0.4, 0.5) is 0 Å². The molecular formula is C16H26N2. The van der Waals surface area contributed by atoms with Crippen LogP contribution in [0.3, 0.4) is 0 Å². The van der Waals surface area contributed by atoms with E-state index in [1.807, 2.05) is 0 Å². The Morgan fingerprint density at radius 3 is 2.39 bits per heavy atom. The number of hydrogen-bond donors (Lipinski definition) is 1. The topological polar surface area (TPSA) is 15.3 Å². The summed E-state index contributed by atoms with van der Waals surface area (Å²) in [5, 5.41) is 3.72. The summed E-state index contributed by atoms with van der Waals surface area (Å²) in [5.74, 6) is 0. The van der Waals surface area contributed by atoms with Crippen LogP contribution in [0, 0.1) is 6.92 Å². The van der Waals surface area contributed by atoms with E-state index in [0.717, 1.165) is 13.1 Å². The van der Waals surface area contributed by atoms with Crippen molar-refractivity contribution in [2.75, 3.05) is 19.6 Å². The number of hydrogen-bond acceptors (Lipinski definition) is 2. The third kappa shape index (κ3) is 3.12. The van der Waals surface area contributed by atoms with E-state index in [1.165, 1.54) is 37.1 Å². The Hall–Kier alpha value is -0.860. The Kier molecular flexibility index (Phi) is 4.41. The predicted octanol–water partition coefficient (Wildman–Crippen LogP) is 2.96. The number of rotatable bonds is 6. The van der Waals surface area contributed by atoms with Gasteiger partial charge in [-0.3, -0.25) is 4.90 Å². The number of benzene rings is 1. The zero-order valence-electron chi connectivity index (χ0n) is 12.0. The van der Waals surface area contributed by atoms with Crippen molar-refractivity contribution in [1.29, 1.82) is 0 Å². The van der Waals surface area contributed by atoms with Gasteiger partial charge in [-0.25, -0.2) is 0 Å². The van der Waals surface area contributed by atoms with Crippen molar-refractivity contribution in [1.82, 2.24) is 10.2 Å². The van der Waals surface area contributed by atoms with Crippen LogP contribution in [-0.2, 0) is 6.54 Å². The molecule has 0 spiro atoms. The first-order valence-electron chi connectivity index (χ1n) is 7.20. The quantitative estimate of drug-likeness (QED) is 0.830. The van der Waals surface area contributed by atoms with Crippen LogP contribution >= 0.6 is 0 Å². The molecule has 2 heteroatoms. The predicted molar refractivity (Wildman–Crippen MR) is 77.8 cm³/mol. The van der Waals surface area contributed by atoms with Crippen molar-refractivity contribution in [3.8, 4) is 0 Å². The molecule has 1 aromatic carbocycles. The summed E-state index contributed by atoms with van der Waals surface area (Å²) >= 11 is 0. The summed E-state index contributed by atoms with van der Waals surface area (Å²) < 4.78 is 0. The largest absolute Gasteiger partial charge is 0.309 e. The minimum absolute atomic E-state index is 0.390. The van der Waals surface area contributed by atoms with Crippen molar-refractivity contribution in [3.05, 3.63) is 35.4 Å². The summed E-state index contributed by atoms with van der Waals surface area (Å²) in [6.07, 6.45) is 2.46. The molecule has 0 saturated carbocycles. The summed E-state index contributed by atoms with van der Waals surface area (Å²) in [6, 6.07) is 8.91. The molecule has 1 aliphatic rings.